The minimum Gasteiger partial charge on any atom is -0.393 e. The van der Waals surface area contributed by atoms with Crippen molar-refractivity contribution in [2.45, 2.75) is 50.2 Å². The van der Waals surface area contributed by atoms with Gasteiger partial charge in [-0.15, -0.1) is 0 Å². The maximum absolute atomic E-state index is 12.2. The molecule has 2 aliphatic carbocycles. The molecule has 108 valence electrons. The van der Waals surface area contributed by atoms with Crippen LogP contribution in [0.2, 0.25) is 0 Å². The molecule has 2 aliphatic rings. The number of rotatable bonds is 3. The summed E-state index contributed by atoms with van der Waals surface area (Å²) in [7, 11) is 0. The Hall–Kier alpha value is -0.870. The van der Waals surface area contributed by atoms with Crippen LogP contribution >= 0.6 is 15.9 Å². The first-order valence-corrected chi connectivity index (χ1v) is 8.16. The number of hydrogen-bond acceptors (Lipinski definition) is 2. The Labute approximate surface area is 127 Å². The fourth-order valence-corrected chi connectivity index (χ4v) is 3.36. The van der Waals surface area contributed by atoms with Gasteiger partial charge in [-0.3, -0.25) is 4.79 Å². The van der Waals surface area contributed by atoms with Gasteiger partial charge in [0.1, 0.15) is 0 Å². The second-order valence-corrected chi connectivity index (χ2v) is 6.93. The molecule has 1 amide bonds. The molecule has 2 fully saturated rings. The van der Waals surface area contributed by atoms with E-state index in [1.165, 1.54) is 5.56 Å². The van der Waals surface area contributed by atoms with Crippen LogP contribution in [-0.2, 0) is 4.79 Å². The third-order valence-electron chi connectivity index (χ3n) is 4.47. The first-order chi connectivity index (χ1) is 9.63. The zero-order chi connectivity index (χ0) is 14.1. The van der Waals surface area contributed by atoms with Crippen molar-refractivity contribution in [2.24, 2.45) is 5.92 Å². The van der Waals surface area contributed by atoms with Crippen LogP contribution < -0.4 is 5.32 Å². The lowest BCUT2D eigenvalue weighted by Gasteiger charge is -2.26. The van der Waals surface area contributed by atoms with Crippen molar-refractivity contribution < 1.29 is 9.90 Å². The van der Waals surface area contributed by atoms with Gasteiger partial charge in [-0.25, -0.2) is 0 Å². The Morgan fingerprint density at radius 3 is 2.45 bits per heavy atom. The third-order valence-corrected chi connectivity index (χ3v) is 5.00. The molecule has 2 atom stereocenters. The van der Waals surface area contributed by atoms with Crippen LogP contribution in [0.5, 0.6) is 0 Å². The van der Waals surface area contributed by atoms with Crippen LogP contribution in [0.3, 0.4) is 0 Å². The average Bonchev–Trinajstić information content (AvgIpc) is 3.23. The lowest BCUT2D eigenvalue weighted by Crippen LogP contribution is -2.39. The lowest BCUT2D eigenvalue weighted by atomic mass is 9.93. The molecule has 1 aromatic rings. The average molecular weight is 338 g/mol. The summed E-state index contributed by atoms with van der Waals surface area (Å²) in [4.78, 5) is 12.2. The Morgan fingerprint density at radius 2 is 1.80 bits per heavy atom. The molecule has 20 heavy (non-hydrogen) atoms. The first-order valence-electron chi connectivity index (χ1n) is 7.37. The lowest BCUT2D eigenvalue weighted by molar-refractivity contribution is -0.123. The smallest absolute Gasteiger partial charge is 0.223 e. The molecule has 0 heterocycles. The molecule has 3 rings (SSSR count). The highest BCUT2D eigenvalue weighted by molar-refractivity contribution is 9.10. The van der Waals surface area contributed by atoms with Crippen LogP contribution in [0.25, 0.3) is 0 Å². The van der Waals surface area contributed by atoms with Crippen LogP contribution in [-0.4, -0.2) is 23.2 Å². The van der Waals surface area contributed by atoms with Gasteiger partial charge < -0.3 is 10.4 Å². The number of amides is 1. The summed E-state index contributed by atoms with van der Waals surface area (Å²) < 4.78 is 1.07. The van der Waals surface area contributed by atoms with Gasteiger partial charge in [0.05, 0.1) is 6.10 Å². The van der Waals surface area contributed by atoms with E-state index in [2.05, 4.69) is 33.4 Å². The SMILES string of the molecule is O=C(NC1CCC(O)CC1)[C@H]1C[C@@H]1c1ccc(Br)cc1. The maximum atomic E-state index is 12.2. The topological polar surface area (TPSA) is 49.3 Å². The van der Waals surface area contributed by atoms with E-state index in [-0.39, 0.29) is 24.0 Å². The van der Waals surface area contributed by atoms with E-state index in [1.807, 2.05) is 12.1 Å². The molecule has 3 nitrogen and oxygen atoms in total. The number of hydrogen-bond donors (Lipinski definition) is 2. The van der Waals surface area contributed by atoms with Gasteiger partial charge in [0.25, 0.3) is 0 Å². The molecule has 0 radical (unpaired) electrons. The normalized spacial score (nSPS) is 32.7. The number of nitrogens with one attached hydrogen (secondary N) is 1. The number of benzene rings is 1. The Bertz CT molecular complexity index is 480. The highest BCUT2D eigenvalue weighted by atomic mass is 79.9. The van der Waals surface area contributed by atoms with Crippen LogP contribution in [0.1, 0.15) is 43.6 Å². The molecule has 0 aliphatic heterocycles. The summed E-state index contributed by atoms with van der Waals surface area (Å²) in [6.07, 6.45) is 4.23. The molecule has 0 aromatic heterocycles. The highest BCUT2D eigenvalue weighted by Gasteiger charge is 2.44. The minimum atomic E-state index is -0.167. The zero-order valence-corrected chi connectivity index (χ0v) is 13.0. The van der Waals surface area contributed by atoms with Crippen LogP contribution in [0, 0.1) is 5.92 Å². The molecular weight excluding hydrogens is 318 g/mol. The molecular formula is C16H20BrNO2. The maximum Gasteiger partial charge on any atom is 0.223 e. The second kappa shape index (κ2) is 5.86. The van der Waals surface area contributed by atoms with Gasteiger partial charge in [-0.2, -0.15) is 0 Å². The third kappa shape index (κ3) is 3.23. The minimum absolute atomic E-state index is 0.142. The first kappa shape index (κ1) is 14.1. The van der Waals surface area contributed by atoms with Crippen molar-refractivity contribution in [2.75, 3.05) is 0 Å². The van der Waals surface area contributed by atoms with Crippen LogP contribution in [0.4, 0.5) is 0 Å². The summed E-state index contributed by atoms with van der Waals surface area (Å²) in [5, 5.41) is 12.6. The number of carbonyl (C=O) groups is 1. The molecule has 4 heteroatoms. The van der Waals surface area contributed by atoms with E-state index in [0.717, 1.165) is 36.6 Å². The largest absolute Gasteiger partial charge is 0.393 e. The molecule has 0 unspecified atom stereocenters. The van der Waals surface area contributed by atoms with Gasteiger partial charge in [-0.1, -0.05) is 28.1 Å². The summed E-state index contributed by atoms with van der Waals surface area (Å²) in [6.45, 7) is 0. The van der Waals surface area contributed by atoms with Crippen molar-refractivity contribution in [1.29, 1.82) is 0 Å². The van der Waals surface area contributed by atoms with Gasteiger partial charge in [0, 0.05) is 16.4 Å². The standard InChI is InChI=1S/C16H20BrNO2/c17-11-3-1-10(2-4-11)14-9-15(14)16(20)18-12-5-7-13(19)8-6-12/h1-4,12-15,19H,5-9H2,(H,18,20)/t12?,13?,14-,15+/m1/s1. The molecule has 2 N–H and O–H groups in total. The summed E-state index contributed by atoms with van der Waals surface area (Å²) in [6, 6.07) is 8.52. The Balaban J connectivity index is 1.51. The molecule has 0 bridgehead atoms. The highest BCUT2D eigenvalue weighted by Crippen LogP contribution is 2.47. The van der Waals surface area contributed by atoms with E-state index in [4.69, 9.17) is 0 Å². The number of aliphatic hydroxyl groups excluding tert-OH is 1. The molecule has 0 spiro atoms. The summed E-state index contributed by atoms with van der Waals surface area (Å²) in [5.41, 5.74) is 1.26. The monoisotopic (exact) mass is 337 g/mol. The van der Waals surface area contributed by atoms with E-state index in [9.17, 15) is 9.90 Å². The van der Waals surface area contributed by atoms with Crippen molar-refractivity contribution >= 4 is 21.8 Å². The fraction of sp³-hybridized carbons (Fsp3) is 0.562. The molecule has 2 saturated carbocycles. The van der Waals surface area contributed by atoms with E-state index >= 15 is 0 Å². The fourth-order valence-electron chi connectivity index (χ4n) is 3.09. The van der Waals surface area contributed by atoms with Crippen molar-refractivity contribution in [1.82, 2.24) is 5.32 Å². The second-order valence-electron chi connectivity index (χ2n) is 6.01. The summed E-state index contributed by atoms with van der Waals surface area (Å²) in [5.74, 6) is 0.722. The van der Waals surface area contributed by atoms with Crippen molar-refractivity contribution in [3.8, 4) is 0 Å². The predicted molar refractivity (Wildman–Crippen MR) is 81.4 cm³/mol. The number of halogens is 1. The van der Waals surface area contributed by atoms with Gasteiger partial charge >= 0.3 is 0 Å². The quantitative estimate of drug-likeness (QED) is 0.890. The molecule has 0 saturated heterocycles. The number of aliphatic hydroxyl groups is 1. The van der Waals surface area contributed by atoms with Crippen molar-refractivity contribution in [3.63, 3.8) is 0 Å². The summed E-state index contributed by atoms with van der Waals surface area (Å²) >= 11 is 3.43. The van der Waals surface area contributed by atoms with Gasteiger partial charge in [0.2, 0.25) is 5.91 Å². The molecule has 1 aromatic carbocycles. The predicted octanol–water partition coefficient (Wildman–Crippen LogP) is 2.97. The van der Waals surface area contributed by atoms with E-state index in [1.54, 1.807) is 0 Å². The van der Waals surface area contributed by atoms with Crippen LogP contribution in [0.15, 0.2) is 28.7 Å². The zero-order valence-electron chi connectivity index (χ0n) is 11.4. The van der Waals surface area contributed by atoms with Gasteiger partial charge in [0.15, 0.2) is 0 Å². The Kier molecular flexibility index (Phi) is 4.13. The van der Waals surface area contributed by atoms with E-state index < -0.39 is 0 Å². The number of carbonyl (C=O) groups excluding carboxylic acids is 1. The van der Waals surface area contributed by atoms with E-state index in [0.29, 0.717) is 5.92 Å². The van der Waals surface area contributed by atoms with Crippen molar-refractivity contribution in [3.05, 3.63) is 34.3 Å². The van der Waals surface area contributed by atoms with Gasteiger partial charge in [-0.05, 0) is 55.7 Å². The Morgan fingerprint density at radius 1 is 1.15 bits per heavy atom.